The van der Waals surface area contributed by atoms with Crippen LogP contribution in [0, 0.1) is 17.8 Å². The second-order valence-corrected chi connectivity index (χ2v) is 11.0. The number of Topliss-reactive ketones (excluding diaryl/α,β-unsaturated/α-hetero) is 1. The van der Waals surface area contributed by atoms with Crippen molar-refractivity contribution in [1.82, 2.24) is 4.98 Å². The lowest BCUT2D eigenvalue weighted by atomic mass is 9.77. The van der Waals surface area contributed by atoms with E-state index in [4.69, 9.17) is 9.47 Å². The molecule has 6 unspecified atom stereocenters. The minimum atomic E-state index is 0.0494. The normalized spacial score (nSPS) is 28.2. The summed E-state index contributed by atoms with van der Waals surface area (Å²) in [5, 5.41) is 0. The highest BCUT2D eigenvalue weighted by atomic mass is 79.9. The first-order chi connectivity index (χ1) is 17.4. The zero-order chi connectivity index (χ0) is 25.7. The summed E-state index contributed by atoms with van der Waals surface area (Å²) >= 11 is 3.56. The van der Waals surface area contributed by atoms with Crippen LogP contribution in [-0.4, -0.2) is 49.0 Å². The van der Waals surface area contributed by atoms with E-state index in [1.165, 1.54) is 0 Å². The van der Waals surface area contributed by atoms with Crippen molar-refractivity contribution < 1.29 is 14.3 Å². The number of methoxy groups -OCH3 is 1. The number of nitrogens with zero attached hydrogens (tertiary/aromatic N) is 3. The largest absolute Gasteiger partial charge is 0.495 e. The van der Waals surface area contributed by atoms with Crippen LogP contribution in [0.15, 0.2) is 51.0 Å². The Kier molecular flexibility index (Phi) is 8.94. The minimum Gasteiger partial charge on any atom is -0.495 e. The van der Waals surface area contributed by atoms with Gasteiger partial charge in [-0.2, -0.15) is 0 Å². The van der Waals surface area contributed by atoms with E-state index in [1.54, 1.807) is 25.7 Å². The molecule has 192 valence electrons. The second kappa shape index (κ2) is 12.1. The molecule has 0 spiro atoms. The SMILES string of the molecule is COc1ccnc(OC2CCC(C)C(CC(=O)c3ccccc3C3CN=CC=NC3C)C(C)C2)c1Br. The minimum absolute atomic E-state index is 0.0494. The average Bonchev–Trinajstić information content (AvgIpc) is 3.17. The molecule has 1 aliphatic heterocycles. The van der Waals surface area contributed by atoms with Crippen molar-refractivity contribution in [3.63, 3.8) is 0 Å². The monoisotopic (exact) mass is 553 g/mol. The fraction of sp³-hybridized carbons (Fsp3) is 0.517. The lowest BCUT2D eigenvalue weighted by Crippen LogP contribution is -2.25. The Morgan fingerprint density at radius 2 is 1.89 bits per heavy atom. The molecule has 7 heteroatoms. The molecule has 1 fully saturated rings. The Hall–Kier alpha value is -2.54. The number of pyridine rings is 1. The molecule has 4 rings (SSSR count). The van der Waals surface area contributed by atoms with E-state index in [0.29, 0.717) is 42.3 Å². The molecule has 0 saturated heterocycles. The van der Waals surface area contributed by atoms with Crippen LogP contribution in [0.25, 0.3) is 0 Å². The molecule has 36 heavy (non-hydrogen) atoms. The Bertz CT molecular complexity index is 1120. The Morgan fingerprint density at radius 1 is 1.08 bits per heavy atom. The van der Waals surface area contributed by atoms with Gasteiger partial charge in [0.15, 0.2) is 5.78 Å². The van der Waals surface area contributed by atoms with Crippen LogP contribution < -0.4 is 9.47 Å². The van der Waals surface area contributed by atoms with Crippen LogP contribution in [0.2, 0.25) is 0 Å². The molecule has 2 aliphatic rings. The van der Waals surface area contributed by atoms with E-state index in [0.717, 1.165) is 34.9 Å². The highest BCUT2D eigenvalue weighted by molar-refractivity contribution is 9.10. The third kappa shape index (κ3) is 6.05. The number of hydrogen-bond donors (Lipinski definition) is 0. The summed E-state index contributed by atoms with van der Waals surface area (Å²) in [7, 11) is 1.63. The molecule has 6 atom stereocenters. The maximum Gasteiger partial charge on any atom is 0.232 e. The molecule has 2 heterocycles. The van der Waals surface area contributed by atoms with Crippen molar-refractivity contribution in [3.8, 4) is 11.6 Å². The number of benzene rings is 1. The lowest BCUT2D eigenvalue weighted by molar-refractivity contribution is 0.0909. The number of ether oxygens (including phenoxy) is 2. The van der Waals surface area contributed by atoms with E-state index >= 15 is 0 Å². The molecule has 1 saturated carbocycles. The van der Waals surface area contributed by atoms with Gasteiger partial charge in [-0.1, -0.05) is 38.1 Å². The first-order valence-corrected chi connectivity index (χ1v) is 13.7. The van der Waals surface area contributed by atoms with Crippen molar-refractivity contribution in [3.05, 3.63) is 52.1 Å². The first kappa shape index (κ1) is 26.5. The number of ketones is 1. The van der Waals surface area contributed by atoms with Gasteiger partial charge >= 0.3 is 0 Å². The number of aromatic nitrogens is 1. The van der Waals surface area contributed by atoms with E-state index in [2.05, 4.69) is 57.7 Å². The molecular weight excluding hydrogens is 518 g/mol. The molecule has 1 aromatic carbocycles. The van der Waals surface area contributed by atoms with E-state index < -0.39 is 0 Å². The Morgan fingerprint density at radius 3 is 2.69 bits per heavy atom. The van der Waals surface area contributed by atoms with Gasteiger partial charge < -0.3 is 9.47 Å². The average molecular weight is 555 g/mol. The molecule has 0 N–H and O–H groups in total. The summed E-state index contributed by atoms with van der Waals surface area (Å²) in [5.74, 6) is 2.66. The van der Waals surface area contributed by atoms with Gasteiger partial charge in [-0.25, -0.2) is 4.98 Å². The third-order valence-electron chi connectivity index (χ3n) is 7.82. The van der Waals surface area contributed by atoms with Gasteiger partial charge in [-0.05, 0) is 71.5 Å². The van der Waals surface area contributed by atoms with E-state index in [9.17, 15) is 4.79 Å². The number of carbonyl (C=O) groups is 1. The van der Waals surface area contributed by atoms with Crippen LogP contribution in [0.3, 0.4) is 0 Å². The van der Waals surface area contributed by atoms with E-state index in [1.807, 2.05) is 24.3 Å². The Balaban J connectivity index is 1.48. The third-order valence-corrected chi connectivity index (χ3v) is 8.55. The van der Waals surface area contributed by atoms with Gasteiger partial charge in [0.25, 0.3) is 0 Å². The number of aliphatic imine (C=N–C) groups is 2. The molecule has 1 aliphatic carbocycles. The quantitative estimate of drug-likeness (QED) is 0.287. The van der Waals surface area contributed by atoms with Gasteiger partial charge in [0.2, 0.25) is 5.88 Å². The highest BCUT2D eigenvalue weighted by Crippen LogP contribution is 2.40. The molecule has 6 nitrogen and oxygen atoms in total. The maximum absolute atomic E-state index is 13.7. The fourth-order valence-electron chi connectivity index (χ4n) is 5.65. The number of hydrogen-bond acceptors (Lipinski definition) is 6. The van der Waals surface area contributed by atoms with Gasteiger partial charge in [-0.15, -0.1) is 0 Å². The maximum atomic E-state index is 13.7. The molecular formula is C29H36BrN3O3. The topological polar surface area (TPSA) is 73.1 Å². The summed E-state index contributed by atoms with van der Waals surface area (Å²) in [4.78, 5) is 27.2. The molecule has 2 aromatic rings. The smallest absolute Gasteiger partial charge is 0.232 e. The standard InChI is InChI=1S/C29H36BrN3O3/c1-18-9-10-21(36-29-28(30)27(35-4)11-12-33-29)15-19(2)24(18)16-26(34)23-8-6-5-7-22(23)25-17-31-13-14-32-20(25)3/h5-8,11-14,18-21,24-25H,9-10,15-17H2,1-4H3. The Labute approximate surface area is 222 Å². The summed E-state index contributed by atoms with van der Waals surface area (Å²) in [5.41, 5.74) is 1.89. The van der Waals surface area contributed by atoms with Crippen molar-refractivity contribution in [2.75, 3.05) is 13.7 Å². The lowest BCUT2D eigenvalue weighted by Gasteiger charge is -2.28. The summed E-state index contributed by atoms with van der Waals surface area (Å²) in [6.07, 6.45) is 8.65. The summed E-state index contributed by atoms with van der Waals surface area (Å²) in [6.45, 7) is 7.28. The zero-order valence-electron chi connectivity index (χ0n) is 21.6. The predicted molar refractivity (Wildman–Crippen MR) is 148 cm³/mol. The predicted octanol–water partition coefficient (Wildman–Crippen LogP) is 6.57. The highest BCUT2D eigenvalue weighted by Gasteiger charge is 2.34. The van der Waals surface area contributed by atoms with Gasteiger partial charge in [0.05, 0.1) is 13.2 Å². The molecule has 0 radical (unpaired) electrons. The van der Waals surface area contributed by atoms with Gasteiger partial charge in [0.1, 0.15) is 16.3 Å². The summed E-state index contributed by atoms with van der Waals surface area (Å²) in [6, 6.07) is 9.93. The molecule has 0 amide bonds. The number of rotatable bonds is 7. The second-order valence-electron chi connectivity index (χ2n) is 10.2. The van der Waals surface area contributed by atoms with Crippen LogP contribution in [0.1, 0.15) is 68.3 Å². The number of halogens is 1. The van der Waals surface area contributed by atoms with Crippen molar-refractivity contribution >= 4 is 34.1 Å². The first-order valence-electron chi connectivity index (χ1n) is 12.9. The van der Waals surface area contributed by atoms with Crippen molar-refractivity contribution in [2.45, 2.75) is 64.5 Å². The van der Waals surface area contributed by atoms with Crippen LogP contribution in [0.4, 0.5) is 0 Å². The van der Waals surface area contributed by atoms with Gasteiger partial charge in [-0.3, -0.25) is 14.8 Å². The van der Waals surface area contributed by atoms with Crippen LogP contribution in [-0.2, 0) is 0 Å². The van der Waals surface area contributed by atoms with Crippen molar-refractivity contribution in [2.24, 2.45) is 27.7 Å². The molecule has 1 aromatic heterocycles. The van der Waals surface area contributed by atoms with E-state index in [-0.39, 0.29) is 23.8 Å². The molecule has 0 bridgehead atoms. The fourth-order valence-corrected chi connectivity index (χ4v) is 6.14. The number of carbonyl (C=O) groups excluding carboxylic acids is 1. The zero-order valence-corrected chi connectivity index (χ0v) is 23.1. The van der Waals surface area contributed by atoms with Gasteiger partial charge in [0, 0.05) is 43.1 Å². The summed E-state index contributed by atoms with van der Waals surface area (Å²) < 4.78 is 12.5. The van der Waals surface area contributed by atoms with Crippen molar-refractivity contribution in [1.29, 1.82) is 0 Å². The van der Waals surface area contributed by atoms with Crippen LogP contribution in [0.5, 0.6) is 11.6 Å². The van der Waals surface area contributed by atoms with Crippen LogP contribution >= 0.6 is 15.9 Å².